The van der Waals surface area contributed by atoms with E-state index in [2.05, 4.69) is 4.90 Å². The number of aryl methyl sites for hydroxylation is 2. The zero-order chi connectivity index (χ0) is 25.5. The molecular weight excluding hydrogens is 490 g/mol. The Morgan fingerprint density at radius 3 is 2.32 bits per heavy atom. The van der Waals surface area contributed by atoms with E-state index in [1.165, 1.54) is 9.13 Å². The predicted molar refractivity (Wildman–Crippen MR) is 144 cm³/mol. The van der Waals surface area contributed by atoms with Gasteiger partial charge in [-0.25, -0.2) is 4.79 Å². The van der Waals surface area contributed by atoms with E-state index in [1.807, 2.05) is 71.3 Å². The fraction of sp³-hybridized carbons (Fsp3) is 0.179. The van der Waals surface area contributed by atoms with Crippen LogP contribution in [0.25, 0.3) is 11.2 Å². The van der Waals surface area contributed by atoms with Gasteiger partial charge in [0.15, 0.2) is 11.2 Å². The van der Waals surface area contributed by atoms with Crippen LogP contribution >= 0.6 is 11.6 Å². The van der Waals surface area contributed by atoms with Crippen LogP contribution in [0.1, 0.15) is 12.0 Å². The fourth-order valence-corrected chi connectivity index (χ4v) is 4.87. The summed E-state index contributed by atoms with van der Waals surface area (Å²) in [5.74, 6) is 2.15. The molecule has 0 N–H and O–H groups in total. The predicted octanol–water partition coefficient (Wildman–Crippen LogP) is 4.93. The summed E-state index contributed by atoms with van der Waals surface area (Å²) in [4.78, 5) is 33.6. The highest BCUT2D eigenvalue weighted by Gasteiger charge is 2.27. The lowest BCUT2D eigenvalue weighted by atomic mass is 10.2. The second-order valence-electron chi connectivity index (χ2n) is 9.01. The van der Waals surface area contributed by atoms with Crippen molar-refractivity contribution in [2.24, 2.45) is 7.05 Å². The number of para-hydroxylation sites is 1. The van der Waals surface area contributed by atoms with E-state index < -0.39 is 5.69 Å². The van der Waals surface area contributed by atoms with Crippen molar-refractivity contribution >= 4 is 34.4 Å². The quantitative estimate of drug-likeness (QED) is 0.333. The molecule has 1 aliphatic heterocycles. The molecule has 0 bridgehead atoms. The molecule has 8 nitrogen and oxygen atoms in total. The minimum absolute atomic E-state index is 0.158. The smallest absolute Gasteiger partial charge is 0.332 e. The number of rotatable bonds is 5. The number of halogens is 1. The number of imidazole rings is 1. The van der Waals surface area contributed by atoms with Crippen LogP contribution in [0.2, 0.25) is 5.02 Å². The molecule has 5 aromatic rings. The van der Waals surface area contributed by atoms with E-state index in [-0.39, 0.29) is 12.1 Å². The number of fused-ring (bicyclic) bond motifs is 3. The SMILES string of the molecule is Cn1c(=O)n(Cc2ccc(Cl)cc2)c(=O)c2c1nc1n2CCCN1c1ccc(Oc2ccccc2)cc1. The van der Waals surface area contributed by atoms with Crippen molar-refractivity contribution in [3.8, 4) is 11.5 Å². The monoisotopic (exact) mass is 513 g/mol. The van der Waals surface area contributed by atoms with Crippen LogP contribution in [-0.4, -0.2) is 25.2 Å². The molecule has 9 heteroatoms. The molecule has 37 heavy (non-hydrogen) atoms. The molecule has 2 aromatic heterocycles. The molecule has 0 atom stereocenters. The Hall–Kier alpha value is -4.30. The van der Waals surface area contributed by atoms with Gasteiger partial charge in [-0.2, -0.15) is 4.98 Å². The highest BCUT2D eigenvalue weighted by atomic mass is 35.5. The van der Waals surface area contributed by atoms with Crippen LogP contribution < -0.4 is 20.9 Å². The number of hydrogen-bond donors (Lipinski definition) is 0. The minimum atomic E-state index is -0.406. The summed E-state index contributed by atoms with van der Waals surface area (Å²) < 4.78 is 10.6. The summed E-state index contributed by atoms with van der Waals surface area (Å²) in [6.07, 6.45) is 0.834. The van der Waals surface area contributed by atoms with Crippen molar-refractivity contribution in [2.75, 3.05) is 11.4 Å². The number of nitrogens with zero attached hydrogens (tertiary/aromatic N) is 5. The van der Waals surface area contributed by atoms with E-state index in [4.69, 9.17) is 21.3 Å². The van der Waals surface area contributed by atoms with Crippen molar-refractivity contribution in [1.29, 1.82) is 0 Å². The van der Waals surface area contributed by atoms with Gasteiger partial charge in [-0.15, -0.1) is 0 Å². The van der Waals surface area contributed by atoms with Crippen LogP contribution in [0.5, 0.6) is 11.5 Å². The first-order valence-corrected chi connectivity index (χ1v) is 12.4. The first-order valence-electron chi connectivity index (χ1n) is 12.0. The van der Waals surface area contributed by atoms with Crippen molar-refractivity contribution in [2.45, 2.75) is 19.5 Å². The van der Waals surface area contributed by atoms with Gasteiger partial charge in [-0.1, -0.05) is 41.9 Å². The molecule has 0 fully saturated rings. The average molecular weight is 514 g/mol. The zero-order valence-corrected chi connectivity index (χ0v) is 20.9. The standard InChI is InChI=1S/C28H24ClN5O3/c1-31-25-24(26(35)34(28(31)36)18-19-8-10-20(29)11-9-19)33-17-5-16-32(27(33)30-25)21-12-14-23(15-13-21)37-22-6-3-2-4-7-22/h2-4,6-15H,5,16-18H2,1H3. The third-order valence-electron chi connectivity index (χ3n) is 6.60. The van der Waals surface area contributed by atoms with Gasteiger partial charge < -0.3 is 14.2 Å². The minimum Gasteiger partial charge on any atom is -0.457 e. The van der Waals surface area contributed by atoms with Gasteiger partial charge in [0.2, 0.25) is 5.95 Å². The van der Waals surface area contributed by atoms with Crippen molar-refractivity contribution in [3.05, 3.63) is 110 Å². The maximum atomic E-state index is 13.6. The molecule has 0 saturated carbocycles. The molecule has 0 radical (unpaired) electrons. The second kappa shape index (κ2) is 9.29. The first-order chi connectivity index (χ1) is 18.0. The van der Waals surface area contributed by atoms with E-state index in [9.17, 15) is 9.59 Å². The van der Waals surface area contributed by atoms with Gasteiger partial charge in [-0.3, -0.25) is 13.9 Å². The van der Waals surface area contributed by atoms with Gasteiger partial charge in [0.05, 0.1) is 6.54 Å². The lowest BCUT2D eigenvalue weighted by Crippen LogP contribution is -2.40. The Morgan fingerprint density at radius 1 is 0.892 bits per heavy atom. The largest absolute Gasteiger partial charge is 0.457 e. The fourth-order valence-electron chi connectivity index (χ4n) is 4.74. The molecule has 0 saturated heterocycles. The number of anilines is 2. The zero-order valence-electron chi connectivity index (χ0n) is 20.2. The first kappa shape index (κ1) is 23.1. The highest BCUT2D eigenvalue weighted by molar-refractivity contribution is 6.30. The van der Waals surface area contributed by atoms with E-state index >= 15 is 0 Å². The lowest BCUT2D eigenvalue weighted by Gasteiger charge is -2.29. The van der Waals surface area contributed by atoms with Crippen LogP contribution in [-0.2, 0) is 20.1 Å². The van der Waals surface area contributed by atoms with Crippen LogP contribution in [0, 0.1) is 0 Å². The molecule has 6 rings (SSSR count). The van der Waals surface area contributed by atoms with E-state index in [0.717, 1.165) is 35.7 Å². The Labute approximate surface area is 217 Å². The van der Waals surface area contributed by atoms with Crippen molar-refractivity contribution in [1.82, 2.24) is 18.7 Å². The van der Waals surface area contributed by atoms with Gasteiger partial charge >= 0.3 is 5.69 Å². The molecule has 3 heterocycles. The average Bonchev–Trinajstić information content (AvgIpc) is 3.32. The summed E-state index contributed by atoms with van der Waals surface area (Å²) in [5, 5.41) is 0.601. The molecule has 0 amide bonds. The molecular formula is C28H24ClN5O3. The number of hydrogen-bond acceptors (Lipinski definition) is 5. The summed E-state index contributed by atoms with van der Waals surface area (Å²) in [6, 6.07) is 24.5. The summed E-state index contributed by atoms with van der Waals surface area (Å²) in [5.41, 5.74) is 1.81. The highest BCUT2D eigenvalue weighted by Crippen LogP contribution is 2.32. The Bertz CT molecular complexity index is 1700. The third kappa shape index (κ3) is 4.19. The van der Waals surface area contributed by atoms with E-state index in [0.29, 0.717) is 28.7 Å². The van der Waals surface area contributed by atoms with Gasteiger partial charge in [0, 0.05) is 30.8 Å². The van der Waals surface area contributed by atoms with Crippen LogP contribution in [0.4, 0.5) is 11.6 Å². The molecule has 0 spiro atoms. The van der Waals surface area contributed by atoms with Crippen LogP contribution in [0.15, 0.2) is 88.5 Å². The Kier molecular flexibility index (Phi) is 5.81. The maximum Gasteiger partial charge on any atom is 0.332 e. The lowest BCUT2D eigenvalue weighted by molar-refractivity contribution is 0.482. The molecule has 1 aliphatic rings. The molecule has 0 aliphatic carbocycles. The maximum absolute atomic E-state index is 13.6. The Balaban J connectivity index is 1.38. The summed E-state index contributed by atoms with van der Waals surface area (Å²) in [7, 11) is 1.65. The van der Waals surface area contributed by atoms with Crippen LogP contribution in [0.3, 0.4) is 0 Å². The Morgan fingerprint density at radius 2 is 1.59 bits per heavy atom. The number of aromatic nitrogens is 4. The molecule has 3 aromatic carbocycles. The van der Waals surface area contributed by atoms with Gasteiger partial charge in [0.25, 0.3) is 5.56 Å². The third-order valence-corrected chi connectivity index (χ3v) is 6.85. The van der Waals surface area contributed by atoms with Gasteiger partial charge in [-0.05, 0) is 60.5 Å². The second-order valence-corrected chi connectivity index (χ2v) is 9.45. The van der Waals surface area contributed by atoms with Crippen molar-refractivity contribution < 1.29 is 4.74 Å². The topological polar surface area (TPSA) is 74.3 Å². The summed E-state index contributed by atoms with van der Waals surface area (Å²) in [6.45, 7) is 1.55. The summed E-state index contributed by atoms with van der Waals surface area (Å²) >= 11 is 6.00. The number of ether oxygens (including phenoxy) is 1. The molecule has 186 valence electrons. The molecule has 0 unspecified atom stereocenters. The van der Waals surface area contributed by atoms with Gasteiger partial charge in [0.1, 0.15) is 11.5 Å². The number of benzene rings is 3. The normalized spacial score (nSPS) is 13.1. The van der Waals surface area contributed by atoms with Crippen molar-refractivity contribution in [3.63, 3.8) is 0 Å². The van der Waals surface area contributed by atoms with E-state index in [1.54, 1.807) is 19.2 Å².